The molecule has 6 heteroatoms. The van der Waals surface area contributed by atoms with Crippen molar-refractivity contribution in [3.63, 3.8) is 0 Å². The number of benzene rings is 1. The van der Waals surface area contributed by atoms with E-state index < -0.39 is 17.7 Å². The first-order chi connectivity index (χ1) is 8.45. The van der Waals surface area contributed by atoms with Gasteiger partial charge in [-0.15, -0.1) is 0 Å². The molecule has 3 N–H and O–H groups in total. The Hall–Kier alpha value is -2.37. The van der Waals surface area contributed by atoms with Crippen LogP contribution in [0.4, 0.5) is 10.1 Å². The summed E-state index contributed by atoms with van der Waals surface area (Å²) in [6.07, 6.45) is 0. The summed E-state index contributed by atoms with van der Waals surface area (Å²) in [4.78, 5) is 23.2. The maximum Gasteiger partial charge on any atom is 0.345 e. The van der Waals surface area contributed by atoms with Crippen LogP contribution in [0.5, 0.6) is 0 Å². The SMILES string of the molecule is COC(=O)/C(C(=O)Nc1ccc(F)cc1)=C(/C)N. The third-order valence-corrected chi connectivity index (χ3v) is 2.11. The average molecular weight is 252 g/mol. The fourth-order valence-corrected chi connectivity index (χ4v) is 1.26. The molecule has 0 aliphatic carbocycles. The Morgan fingerprint density at radius 1 is 1.28 bits per heavy atom. The van der Waals surface area contributed by atoms with E-state index in [9.17, 15) is 14.0 Å². The lowest BCUT2D eigenvalue weighted by Crippen LogP contribution is -2.24. The van der Waals surface area contributed by atoms with Gasteiger partial charge in [-0.25, -0.2) is 9.18 Å². The third-order valence-electron chi connectivity index (χ3n) is 2.11. The monoisotopic (exact) mass is 252 g/mol. The standard InChI is InChI=1S/C12H13FN2O3/c1-7(14)10(12(17)18-2)11(16)15-9-5-3-8(13)4-6-9/h3-6H,14H2,1-2H3,(H,15,16)/b10-7-. The summed E-state index contributed by atoms with van der Waals surface area (Å²) in [6.45, 7) is 1.41. The smallest absolute Gasteiger partial charge is 0.345 e. The number of anilines is 1. The molecule has 0 fully saturated rings. The molecule has 0 saturated heterocycles. The van der Waals surface area contributed by atoms with E-state index in [1.807, 2.05) is 0 Å². The molecule has 0 bridgehead atoms. The van der Waals surface area contributed by atoms with Gasteiger partial charge >= 0.3 is 5.97 Å². The van der Waals surface area contributed by atoms with E-state index in [1.165, 1.54) is 31.2 Å². The first kappa shape index (κ1) is 13.7. The summed E-state index contributed by atoms with van der Waals surface area (Å²) in [5.74, 6) is -1.95. The molecule has 5 nitrogen and oxygen atoms in total. The minimum absolute atomic E-state index is 0.0430. The number of rotatable bonds is 3. The topological polar surface area (TPSA) is 81.4 Å². The molecule has 1 amide bonds. The van der Waals surface area contributed by atoms with Crippen LogP contribution in [0.25, 0.3) is 0 Å². The van der Waals surface area contributed by atoms with Gasteiger partial charge in [0, 0.05) is 11.4 Å². The first-order valence-electron chi connectivity index (χ1n) is 5.07. The molecule has 0 aliphatic rings. The molecule has 0 aromatic heterocycles. The zero-order chi connectivity index (χ0) is 13.7. The van der Waals surface area contributed by atoms with Gasteiger partial charge < -0.3 is 15.8 Å². The highest BCUT2D eigenvalue weighted by Gasteiger charge is 2.21. The van der Waals surface area contributed by atoms with E-state index in [2.05, 4.69) is 10.1 Å². The molecule has 0 saturated carbocycles. The number of esters is 1. The molecule has 0 heterocycles. The van der Waals surface area contributed by atoms with Crippen LogP contribution in [0.3, 0.4) is 0 Å². The van der Waals surface area contributed by atoms with Gasteiger partial charge in [0.05, 0.1) is 7.11 Å². The van der Waals surface area contributed by atoms with Crippen LogP contribution in [-0.4, -0.2) is 19.0 Å². The van der Waals surface area contributed by atoms with Crippen molar-refractivity contribution >= 4 is 17.6 Å². The van der Waals surface area contributed by atoms with E-state index in [1.54, 1.807) is 0 Å². The number of halogens is 1. The Bertz CT molecular complexity index is 491. The number of carbonyl (C=O) groups excluding carboxylic acids is 2. The lowest BCUT2D eigenvalue weighted by Gasteiger charge is -2.08. The molecular weight excluding hydrogens is 239 g/mol. The Balaban J connectivity index is 2.90. The average Bonchev–Trinajstić information content (AvgIpc) is 2.31. The van der Waals surface area contributed by atoms with Crippen molar-refractivity contribution in [2.75, 3.05) is 12.4 Å². The number of nitrogens with one attached hydrogen (secondary N) is 1. The Labute approximate surface area is 103 Å². The number of hydrogen-bond donors (Lipinski definition) is 2. The lowest BCUT2D eigenvalue weighted by atomic mass is 10.2. The normalized spacial score (nSPS) is 11.5. The van der Waals surface area contributed by atoms with E-state index in [0.717, 1.165) is 7.11 Å². The first-order valence-corrected chi connectivity index (χ1v) is 5.07. The summed E-state index contributed by atoms with van der Waals surface area (Å²) < 4.78 is 17.1. The van der Waals surface area contributed by atoms with Gasteiger partial charge in [0.2, 0.25) is 0 Å². The second-order valence-corrected chi connectivity index (χ2v) is 3.51. The van der Waals surface area contributed by atoms with Gasteiger partial charge in [0.1, 0.15) is 11.4 Å². The van der Waals surface area contributed by atoms with Crippen LogP contribution in [0.15, 0.2) is 35.5 Å². The molecule has 0 unspecified atom stereocenters. The summed E-state index contributed by atoms with van der Waals surface area (Å²) in [7, 11) is 1.15. The minimum Gasteiger partial charge on any atom is -0.465 e. The molecule has 1 aromatic rings. The van der Waals surface area contributed by atoms with E-state index in [4.69, 9.17) is 5.73 Å². The van der Waals surface area contributed by atoms with Crippen LogP contribution in [-0.2, 0) is 14.3 Å². The maximum absolute atomic E-state index is 12.7. The molecule has 1 rings (SSSR count). The molecule has 18 heavy (non-hydrogen) atoms. The molecule has 0 spiro atoms. The molecule has 0 aliphatic heterocycles. The van der Waals surface area contributed by atoms with Gasteiger partial charge in [0.25, 0.3) is 5.91 Å². The molecule has 1 aromatic carbocycles. The highest BCUT2D eigenvalue weighted by molar-refractivity contribution is 6.21. The number of carbonyl (C=O) groups is 2. The highest BCUT2D eigenvalue weighted by Crippen LogP contribution is 2.11. The number of allylic oxidation sites excluding steroid dienone is 1. The zero-order valence-electron chi connectivity index (χ0n) is 9.99. The molecule has 96 valence electrons. The van der Waals surface area contributed by atoms with Crippen LogP contribution in [0.1, 0.15) is 6.92 Å². The molecular formula is C12H13FN2O3. The van der Waals surface area contributed by atoms with Crippen LogP contribution < -0.4 is 11.1 Å². The van der Waals surface area contributed by atoms with Gasteiger partial charge in [-0.1, -0.05) is 0 Å². The number of ether oxygens (including phenoxy) is 1. The zero-order valence-corrected chi connectivity index (χ0v) is 9.99. The number of hydrogen-bond acceptors (Lipinski definition) is 4. The van der Waals surface area contributed by atoms with Crippen molar-refractivity contribution < 1.29 is 18.7 Å². The fraction of sp³-hybridized carbons (Fsp3) is 0.167. The summed E-state index contributed by atoms with van der Waals surface area (Å²) in [5.41, 5.74) is 5.57. The maximum atomic E-state index is 12.7. The quantitative estimate of drug-likeness (QED) is 0.366. The Kier molecular flexibility index (Phi) is 4.42. The molecule has 0 atom stereocenters. The summed E-state index contributed by atoms with van der Waals surface area (Å²) in [5, 5.41) is 2.42. The Morgan fingerprint density at radius 2 is 1.83 bits per heavy atom. The number of methoxy groups -OCH3 is 1. The number of nitrogens with two attached hydrogens (primary N) is 1. The summed E-state index contributed by atoms with van der Waals surface area (Å²) in [6, 6.07) is 5.11. The lowest BCUT2D eigenvalue weighted by molar-refractivity contribution is -0.137. The Morgan fingerprint density at radius 3 is 2.28 bits per heavy atom. The van der Waals surface area contributed by atoms with Gasteiger partial charge in [-0.05, 0) is 31.2 Å². The van der Waals surface area contributed by atoms with Gasteiger partial charge in [0.15, 0.2) is 0 Å². The van der Waals surface area contributed by atoms with E-state index >= 15 is 0 Å². The van der Waals surface area contributed by atoms with Crippen molar-refractivity contribution in [2.24, 2.45) is 5.73 Å². The predicted octanol–water partition coefficient (Wildman–Crippen LogP) is 1.17. The fourth-order valence-electron chi connectivity index (χ4n) is 1.26. The van der Waals surface area contributed by atoms with E-state index in [-0.39, 0.29) is 11.3 Å². The van der Waals surface area contributed by atoms with Crippen LogP contribution >= 0.6 is 0 Å². The van der Waals surface area contributed by atoms with Crippen molar-refractivity contribution in [1.29, 1.82) is 0 Å². The van der Waals surface area contributed by atoms with Crippen LogP contribution in [0.2, 0.25) is 0 Å². The van der Waals surface area contributed by atoms with Crippen molar-refractivity contribution in [3.05, 3.63) is 41.4 Å². The third kappa shape index (κ3) is 3.31. The van der Waals surface area contributed by atoms with Crippen LogP contribution in [0, 0.1) is 5.82 Å². The highest BCUT2D eigenvalue weighted by atomic mass is 19.1. The summed E-state index contributed by atoms with van der Waals surface area (Å²) >= 11 is 0. The van der Waals surface area contributed by atoms with Gasteiger partial charge in [-0.2, -0.15) is 0 Å². The second kappa shape index (κ2) is 5.81. The van der Waals surface area contributed by atoms with E-state index in [0.29, 0.717) is 5.69 Å². The van der Waals surface area contributed by atoms with Crippen molar-refractivity contribution in [3.8, 4) is 0 Å². The largest absolute Gasteiger partial charge is 0.465 e. The van der Waals surface area contributed by atoms with Crippen molar-refractivity contribution in [1.82, 2.24) is 0 Å². The minimum atomic E-state index is -0.824. The van der Waals surface area contributed by atoms with Gasteiger partial charge in [-0.3, -0.25) is 4.79 Å². The number of amides is 1. The second-order valence-electron chi connectivity index (χ2n) is 3.51. The predicted molar refractivity (Wildman–Crippen MR) is 63.9 cm³/mol. The molecule has 0 radical (unpaired) electrons. The van der Waals surface area contributed by atoms with Crippen molar-refractivity contribution in [2.45, 2.75) is 6.92 Å².